The molecule has 0 unspecified atom stereocenters. The first-order valence-electron chi connectivity index (χ1n) is 12.6. The van der Waals surface area contributed by atoms with E-state index in [-0.39, 0.29) is 16.7 Å². The van der Waals surface area contributed by atoms with E-state index in [2.05, 4.69) is 4.90 Å². The van der Waals surface area contributed by atoms with Crippen molar-refractivity contribution in [3.05, 3.63) is 41.4 Å². The maximum Gasteiger partial charge on any atom is 0.243 e. The van der Waals surface area contributed by atoms with Crippen LogP contribution in [0.2, 0.25) is 5.02 Å². The summed E-state index contributed by atoms with van der Waals surface area (Å²) in [4.78, 5) is 17.9. The number of amides is 1. The fraction of sp³-hybridized carbons (Fsp3) is 0.577. The van der Waals surface area contributed by atoms with E-state index < -0.39 is 10.0 Å². The molecule has 0 spiro atoms. The van der Waals surface area contributed by atoms with Gasteiger partial charge in [-0.1, -0.05) is 43.0 Å². The van der Waals surface area contributed by atoms with Gasteiger partial charge in [0.25, 0.3) is 0 Å². The molecule has 2 aliphatic heterocycles. The zero-order valence-corrected chi connectivity index (χ0v) is 21.2. The standard InChI is InChI=1S/C26H34ClN3O3S/c27-23-8-6-22-19-25(9-7-21(22)18-23)34(32,33)30-16-14-29(15-17-30)26(31)20-10-12-28(13-11-20)24-4-2-1-3-5-24/h6-9,18-20,24H,1-5,10-17H2. The van der Waals surface area contributed by atoms with Crippen LogP contribution in [0.5, 0.6) is 0 Å². The third-order valence-electron chi connectivity index (χ3n) is 7.93. The summed E-state index contributed by atoms with van der Waals surface area (Å²) in [6.45, 7) is 3.64. The summed E-state index contributed by atoms with van der Waals surface area (Å²) in [7, 11) is -3.60. The molecule has 0 radical (unpaired) electrons. The molecule has 2 heterocycles. The van der Waals surface area contributed by atoms with Crippen molar-refractivity contribution in [3.63, 3.8) is 0 Å². The van der Waals surface area contributed by atoms with Crippen LogP contribution in [0.15, 0.2) is 41.3 Å². The van der Waals surface area contributed by atoms with Gasteiger partial charge in [-0.3, -0.25) is 4.79 Å². The maximum absolute atomic E-state index is 13.3. The number of hydrogen-bond acceptors (Lipinski definition) is 4. The molecule has 1 amide bonds. The van der Waals surface area contributed by atoms with Gasteiger partial charge in [0, 0.05) is 43.2 Å². The lowest BCUT2D eigenvalue weighted by Crippen LogP contribution is -2.53. The van der Waals surface area contributed by atoms with Gasteiger partial charge in [-0.05, 0) is 73.8 Å². The summed E-state index contributed by atoms with van der Waals surface area (Å²) in [5.41, 5.74) is 0. The van der Waals surface area contributed by atoms with E-state index in [1.165, 1.54) is 36.4 Å². The fourth-order valence-corrected chi connectivity index (χ4v) is 7.51. The van der Waals surface area contributed by atoms with Gasteiger partial charge in [-0.2, -0.15) is 4.31 Å². The van der Waals surface area contributed by atoms with Crippen LogP contribution < -0.4 is 0 Å². The van der Waals surface area contributed by atoms with E-state index in [0.29, 0.717) is 37.2 Å². The molecule has 184 valence electrons. The lowest BCUT2D eigenvalue weighted by atomic mass is 9.89. The molecule has 0 bridgehead atoms. The molecule has 6 nitrogen and oxygen atoms in total. The van der Waals surface area contributed by atoms with E-state index in [1.54, 1.807) is 24.3 Å². The topological polar surface area (TPSA) is 60.9 Å². The molecule has 8 heteroatoms. The highest BCUT2D eigenvalue weighted by Crippen LogP contribution is 2.29. The maximum atomic E-state index is 13.3. The van der Waals surface area contributed by atoms with Crippen LogP contribution in [0.1, 0.15) is 44.9 Å². The third kappa shape index (κ3) is 4.99. The van der Waals surface area contributed by atoms with Gasteiger partial charge in [0.15, 0.2) is 0 Å². The first kappa shape index (κ1) is 24.0. The predicted molar refractivity (Wildman–Crippen MR) is 135 cm³/mol. The Kier molecular flexibility index (Phi) is 7.17. The van der Waals surface area contributed by atoms with Crippen molar-refractivity contribution in [1.82, 2.24) is 14.1 Å². The lowest BCUT2D eigenvalue weighted by molar-refractivity contribution is -0.138. The number of likely N-dealkylation sites (tertiary alicyclic amines) is 1. The highest BCUT2D eigenvalue weighted by atomic mass is 35.5. The molecule has 0 aromatic heterocycles. The van der Waals surface area contributed by atoms with E-state index >= 15 is 0 Å². The van der Waals surface area contributed by atoms with Crippen molar-refractivity contribution < 1.29 is 13.2 Å². The average Bonchev–Trinajstić information content (AvgIpc) is 2.88. The second kappa shape index (κ2) is 10.1. The molecule has 1 aliphatic carbocycles. The van der Waals surface area contributed by atoms with Crippen molar-refractivity contribution in [3.8, 4) is 0 Å². The second-order valence-corrected chi connectivity index (χ2v) is 12.4. The van der Waals surface area contributed by atoms with Gasteiger partial charge in [-0.15, -0.1) is 0 Å². The Morgan fingerprint density at radius 3 is 2.15 bits per heavy atom. The summed E-state index contributed by atoms with van der Waals surface area (Å²) in [5.74, 6) is 0.290. The predicted octanol–water partition coefficient (Wildman–Crippen LogP) is 4.37. The van der Waals surface area contributed by atoms with E-state index in [0.717, 1.165) is 36.7 Å². The summed E-state index contributed by atoms with van der Waals surface area (Å²) >= 11 is 6.05. The zero-order valence-electron chi connectivity index (χ0n) is 19.7. The van der Waals surface area contributed by atoms with E-state index in [4.69, 9.17) is 11.6 Å². The highest BCUT2D eigenvalue weighted by Gasteiger charge is 2.35. The van der Waals surface area contributed by atoms with Gasteiger partial charge < -0.3 is 9.80 Å². The third-order valence-corrected chi connectivity index (χ3v) is 10.1. The molecule has 2 aromatic carbocycles. The molecule has 0 atom stereocenters. The Balaban J connectivity index is 1.17. The number of piperidine rings is 1. The quantitative estimate of drug-likeness (QED) is 0.621. The molecule has 34 heavy (non-hydrogen) atoms. The Morgan fingerprint density at radius 1 is 0.794 bits per heavy atom. The number of carbonyl (C=O) groups excluding carboxylic acids is 1. The van der Waals surface area contributed by atoms with E-state index in [1.807, 2.05) is 17.0 Å². The number of benzene rings is 2. The van der Waals surface area contributed by atoms with Gasteiger partial charge in [0.2, 0.25) is 15.9 Å². The monoisotopic (exact) mass is 503 g/mol. The van der Waals surface area contributed by atoms with Crippen molar-refractivity contribution in [2.24, 2.45) is 5.92 Å². The minimum absolute atomic E-state index is 0.0790. The Labute approximate surface area is 207 Å². The van der Waals surface area contributed by atoms with Crippen molar-refractivity contribution >= 4 is 38.3 Å². The van der Waals surface area contributed by atoms with Crippen LogP contribution in [0, 0.1) is 5.92 Å². The van der Waals surface area contributed by atoms with E-state index in [9.17, 15) is 13.2 Å². The minimum atomic E-state index is -3.60. The van der Waals surface area contributed by atoms with Gasteiger partial charge in [-0.25, -0.2) is 8.42 Å². The van der Waals surface area contributed by atoms with Gasteiger partial charge in [0.05, 0.1) is 4.90 Å². The summed E-state index contributed by atoms with van der Waals surface area (Å²) < 4.78 is 28.0. The average molecular weight is 504 g/mol. The SMILES string of the molecule is O=C(C1CCN(C2CCCCC2)CC1)N1CCN(S(=O)(=O)c2ccc3cc(Cl)ccc3c2)CC1. The van der Waals surface area contributed by atoms with Crippen LogP contribution in [-0.4, -0.2) is 73.7 Å². The van der Waals surface area contributed by atoms with Crippen molar-refractivity contribution in [2.75, 3.05) is 39.3 Å². The Hall–Kier alpha value is -1.67. The Morgan fingerprint density at radius 2 is 1.44 bits per heavy atom. The highest BCUT2D eigenvalue weighted by molar-refractivity contribution is 7.89. The van der Waals surface area contributed by atoms with Crippen molar-refractivity contribution in [2.45, 2.75) is 55.9 Å². The summed E-state index contributed by atoms with van der Waals surface area (Å²) in [6, 6.07) is 11.3. The minimum Gasteiger partial charge on any atom is -0.340 e. The molecule has 2 aromatic rings. The fourth-order valence-electron chi connectivity index (χ4n) is 5.87. The zero-order chi connectivity index (χ0) is 23.7. The molecular weight excluding hydrogens is 470 g/mol. The Bertz CT molecular complexity index is 1130. The normalized spacial score (nSPS) is 22.3. The number of piperazine rings is 1. The van der Waals surface area contributed by atoms with Gasteiger partial charge in [0.1, 0.15) is 0 Å². The van der Waals surface area contributed by atoms with Crippen LogP contribution in [0.25, 0.3) is 10.8 Å². The molecule has 2 saturated heterocycles. The summed E-state index contributed by atoms with van der Waals surface area (Å²) in [5, 5.41) is 2.39. The summed E-state index contributed by atoms with van der Waals surface area (Å²) in [6.07, 6.45) is 8.50. The molecule has 0 N–H and O–H groups in total. The first-order chi connectivity index (χ1) is 16.4. The largest absolute Gasteiger partial charge is 0.340 e. The number of rotatable bonds is 4. The smallest absolute Gasteiger partial charge is 0.243 e. The van der Waals surface area contributed by atoms with Crippen LogP contribution in [0.3, 0.4) is 0 Å². The molecule has 3 fully saturated rings. The molecule has 3 aliphatic rings. The van der Waals surface area contributed by atoms with Crippen LogP contribution in [-0.2, 0) is 14.8 Å². The number of carbonyl (C=O) groups is 1. The lowest BCUT2D eigenvalue weighted by Gasteiger charge is -2.41. The van der Waals surface area contributed by atoms with Gasteiger partial charge >= 0.3 is 0 Å². The van der Waals surface area contributed by atoms with Crippen LogP contribution in [0.4, 0.5) is 0 Å². The number of fused-ring (bicyclic) bond motifs is 1. The number of nitrogens with zero attached hydrogens (tertiary/aromatic N) is 3. The number of halogens is 1. The first-order valence-corrected chi connectivity index (χ1v) is 14.5. The molecular formula is C26H34ClN3O3S. The van der Waals surface area contributed by atoms with Crippen LogP contribution >= 0.6 is 11.6 Å². The molecule has 5 rings (SSSR count). The van der Waals surface area contributed by atoms with Crippen molar-refractivity contribution in [1.29, 1.82) is 0 Å². The second-order valence-electron chi connectivity index (χ2n) is 9.98. The number of sulfonamides is 1. The number of hydrogen-bond donors (Lipinski definition) is 0. The molecule has 1 saturated carbocycles.